The summed E-state index contributed by atoms with van der Waals surface area (Å²) in [6.07, 6.45) is 1.08. The lowest BCUT2D eigenvalue weighted by molar-refractivity contribution is 0.209. The number of para-hydroxylation sites is 3. The maximum Gasteiger partial charge on any atom is 0.324 e. The van der Waals surface area contributed by atoms with Crippen molar-refractivity contribution < 1.29 is 4.79 Å². The molecule has 0 fully saturated rings. The summed E-state index contributed by atoms with van der Waals surface area (Å²) in [5.41, 5.74) is 4.29. The van der Waals surface area contributed by atoms with Gasteiger partial charge >= 0.3 is 6.03 Å². The van der Waals surface area contributed by atoms with Crippen molar-refractivity contribution in [1.82, 2.24) is 14.5 Å². The quantitative estimate of drug-likeness (QED) is 0.663. The average Bonchev–Trinajstić information content (AvgIpc) is 3.01. The third-order valence-electron chi connectivity index (χ3n) is 5.21. The summed E-state index contributed by atoms with van der Waals surface area (Å²) in [5.74, 6) is 1.55. The van der Waals surface area contributed by atoms with Crippen LogP contribution >= 0.6 is 0 Å². The molecular weight excluding hydrogens is 336 g/mol. The molecule has 0 spiro atoms. The number of anilines is 1. The van der Waals surface area contributed by atoms with Crippen molar-refractivity contribution in [3.05, 3.63) is 59.9 Å². The number of benzene rings is 2. The molecule has 0 atom stereocenters. The second-order valence-electron chi connectivity index (χ2n) is 7.70. The van der Waals surface area contributed by atoms with E-state index < -0.39 is 0 Å². The maximum atomic E-state index is 12.9. The predicted molar refractivity (Wildman–Crippen MR) is 109 cm³/mol. The van der Waals surface area contributed by atoms with Crippen molar-refractivity contribution in [3.8, 4) is 0 Å². The fourth-order valence-corrected chi connectivity index (χ4v) is 3.72. The van der Waals surface area contributed by atoms with Gasteiger partial charge in [0.2, 0.25) is 0 Å². The van der Waals surface area contributed by atoms with Crippen LogP contribution in [0.5, 0.6) is 0 Å². The molecule has 2 aromatic carbocycles. The van der Waals surface area contributed by atoms with Crippen molar-refractivity contribution >= 4 is 22.8 Å². The number of rotatable bonds is 5. The first-order chi connectivity index (χ1) is 13.0. The molecule has 0 saturated carbocycles. The minimum Gasteiger partial charge on any atom is -0.326 e. The zero-order valence-corrected chi connectivity index (χ0v) is 16.2. The summed E-state index contributed by atoms with van der Waals surface area (Å²) in [4.78, 5) is 21.4. The molecule has 1 aliphatic rings. The molecule has 5 heteroatoms. The van der Waals surface area contributed by atoms with E-state index in [-0.39, 0.29) is 6.03 Å². The molecule has 5 nitrogen and oxygen atoms in total. The highest BCUT2D eigenvalue weighted by Gasteiger charge is 2.29. The molecule has 1 aliphatic heterocycles. The van der Waals surface area contributed by atoms with E-state index >= 15 is 0 Å². The molecule has 0 saturated heterocycles. The normalized spacial score (nSPS) is 14.3. The molecule has 2 heterocycles. The Morgan fingerprint density at radius 3 is 2.63 bits per heavy atom. The van der Waals surface area contributed by atoms with E-state index in [1.165, 1.54) is 5.56 Å². The van der Waals surface area contributed by atoms with E-state index in [2.05, 4.69) is 36.6 Å². The number of aryl methyl sites for hydroxylation is 1. The predicted octanol–water partition coefficient (Wildman–Crippen LogP) is 4.65. The van der Waals surface area contributed by atoms with Crippen LogP contribution in [0.4, 0.5) is 10.5 Å². The Bertz CT molecular complexity index is 975. The van der Waals surface area contributed by atoms with Gasteiger partial charge in [0, 0.05) is 20.1 Å². The van der Waals surface area contributed by atoms with E-state index in [1.54, 1.807) is 4.90 Å². The van der Waals surface area contributed by atoms with E-state index in [1.807, 2.05) is 42.3 Å². The number of aromatic nitrogens is 2. The smallest absolute Gasteiger partial charge is 0.324 e. The molecule has 27 heavy (non-hydrogen) atoms. The van der Waals surface area contributed by atoms with Gasteiger partial charge in [0.25, 0.3) is 0 Å². The van der Waals surface area contributed by atoms with Crippen molar-refractivity contribution in [3.63, 3.8) is 0 Å². The van der Waals surface area contributed by atoms with Gasteiger partial charge < -0.3 is 9.47 Å². The number of fused-ring (bicyclic) bond motifs is 2. The Morgan fingerprint density at radius 2 is 1.81 bits per heavy atom. The number of carbonyl (C=O) groups excluding carboxylic acids is 1. The summed E-state index contributed by atoms with van der Waals surface area (Å²) in [6.45, 7) is 6.51. The van der Waals surface area contributed by atoms with E-state index in [0.29, 0.717) is 19.0 Å². The first kappa shape index (κ1) is 17.6. The minimum absolute atomic E-state index is 0.0242. The first-order valence-corrected chi connectivity index (χ1v) is 9.59. The minimum atomic E-state index is 0.0242. The molecule has 0 bridgehead atoms. The molecule has 4 rings (SSSR count). The van der Waals surface area contributed by atoms with Crippen molar-refractivity contribution in [2.75, 3.05) is 11.9 Å². The van der Waals surface area contributed by atoms with Crippen LogP contribution < -0.4 is 4.90 Å². The molecule has 140 valence electrons. The Morgan fingerprint density at radius 1 is 1.07 bits per heavy atom. The molecule has 3 aromatic rings. The highest BCUT2D eigenvalue weighted by molar-refractivity contribution is 5.94. The lowest BCUT2D eigenvalue weighted by Crippen LogP contribution is -2.45. The first-order valence-electron chi connectivity index (χ1n) is 9.59. The summed E-state index contributed by atoms with van der Waals surface area (Å²) in [5, 5.41) is 0. The molecular formula is C22H26N4O. The van der Waals surface area contributed by atoms with Gasteiger partial charge in [-0.25, -0.2) is 9.78 Å². The van der Waals surface area contributed by atoms with Crippen LogP contribution in [0.3, 0.4) is 0 Å². The number of nitrogens with zero attached hydrogens (tertiary/aromatic N) is 4. The van der Waals surface area contributed by atoms with Gasteiger partial charge in [-0.2, -0.15) is 0 Å². The van der Waals surface area contributed by atoms with Gasteiger partial charge in [-0.1, -0.05) is 44.2 Å². The lowest BCUT2D eigenvalue weighted by atomic mass is 10.1. The Kier molecular flexibility index (Phi) is 4.60. The SMILES string of the molecule is CC(C)CCn1c(CN2C(=O)N(C)Cc3ccccc32)nc2ccccc21. The highest BCUT2D eigenvalue weighted by Crippen LogP contribution is 2.30. The van der Waals surface area contributed by atoms with Crippen LogP contribution in [0.1, 0.15) is 31.7 Å². The Hall–Kier alpha value is -2.82. The zero-order chi connectivity index (χ0) is 19.0. The second kappa shape index (κ2) is 7.06. The lowest BCUT2D eigenvalue weighted by Gasteiger charge is -2.35. The van der Waals surface area contributed by atoms with Crippen molar-refractivity contribution in [1.29, 1.82) is 0 Å². The molecule has 0 aliphatic carbocycles. The molecule has 0 N–H and O–H groups in total. The van der Waals surface area contributed by atoms with Crippen molar-refractivity contribution in [2.24, 2.45) is 5.92 Å². The van der Waals surface area contributed by atoms with Gasteiger partial charge in [-0.3, -0.25) is 4.90 Å². The molecule has 2 amide bonds. The van der Waals surface area contributed by atoms with Crippen LogP contribution in [0.25, 0.3) is 11.0 Å². The van der Waals surface area contributed by atoms with Crippen LogP contribution in [-0.2, 0) is 19.6 Å². The van der Waals surface area contributed by atoms with E-state index in [0.717, 1.165) is 35.5 Å². The van der Waals surface area contributed by atoms with Gasteiger partial charge in [0.05, 0.1) is 23.3 Å². The highest BCUT2D eigenvalue weighted by atomic mass is 16.2. The van der Waals surface area contributed by atoms with Crippen LogP contribution in [0.2, 0.25) is 0 Å². The number of amides is 2. The number of imidazole rings is 1. The number of urea groups is 1. The number of hydrogen-bond acceptors (Lipinski definition) is 2. The van der Waals surface area contributed by atoms with Gasteiger partial charge in [0.1, 0.15) is 5.82 Å². The molecule has 0 unspecified atom stereocenters. The monoisotopic (exact) mass is 362 g/mol. The fourth-order valence-electron chi connectivity index (χ4n) is 3.72. The van der Waals surface area contributed by atoms with Gasteiger partial charge in [-0.15, -0.1) is 0 Å². The van der Waals surface area contributed by atoms with Crippen LogP contribution in [-0.4, -0.2) is 27.5 Å². The molecule has 0 radical (unpaired) electrons. The Balaban J connectivity index is 1.74. The summed E-state index contributed by atoms with van der Waals surface area (Å²) >= 11 is 0. The van der Waals surface area contributed by atoms with Gasteiger partial charge in [-0.05, 0) is 36.1 Å². The average molecular weight is 362 g/mol. The maximum absolute atomic E-state index is 12.9. The van der Waals surface area contributed by atoms with Crippen LogP contribution in [0.15, 0.2) is 48.5 Å². The summed E-state index contributed by atoms with van der Waals surface area (Å²) < 4.78 is 2.28. The van der Waals surface area contributed by atoms with E-state index in [9.17, 15) is 4.79 Å². The summed E-state index contributed by atoms with van der Waals surface area (Å²) in [6, 6.07) is 16.4. The topological polar surface area (TPSA) is 41.4 Å². The largest absolute Gasteiger partial charge is 0.326 e. The third-order valence-corrected chi connectivity index (χ3v) is 5.21. The molecule has 1 aromatic heterocycles. The fraction of sp³-hybridized carbons (Fsp3) is 0.364. The zero-order valence-electron chi connectivity index (χ0n) is 16.2. The van der Waals surface area contributed by atoms with Crippen molar-refractivity contribution in [2.45, 2.75) is 39.9 Å². The summed E-state index contributed by atoms with van der Waals surface area (Å²) in [7, 11) is 1.85. The van der Waals surface area contributed by atoms with Gasteiger partial charge in [0.15, 0.2) is 0 Å². The number of hydrogen-bond donors (Lipinski definition) is 0. The Labute approximate surface area is 160 Å². The van der Waals surface area contributed by atoms with E-state index in [4.69, 9.17) is 4.98 Å². The standard InChI is InChI=1S/C22H26N4O/c1-16(2)12-13-25-20-11-7-5-9-18(20)23-21(25)15-26-19-10-6-4-8-17(19)14-24(3)22(26)27/h4-11,16H,12-15H2,1-3H3. The number of carbonyl (C=O) groups is 1. The second-order valence-corrected chi connectivity index (χ2v) is 7.70. The van der Waals surface area contributed by atoms with Crippen LogP contribution in [0, 0.1) is 5.92 Å². The third kappa shape index (κ3) is 3.29.